The fourth-order valence-electron chi connectivity index (χ4n) is 3.42. The molecule has 38 heavy (non-hydrogen) atoms. The number of nitrogens with zero attached hydrogens (tertiary/aromatic N) is 2. The van der Waals surface area contributed by atoms with Crippen LogP contribution in [0.4, 0.5) is 5.69 Å². The molecule has 0 bridgehead atoms. The minimum atomic E-state index is -0.599. The monoisotopic (exact) mass is 546 g/mol. The molecule has 4 aromatic rings. The lowest BCUT2D eigenvalue weighted by atomic mass is 10.1. The molecule has 2 N–H and O–H groups in total. The van der Waals surface area contributed by atoms with Gasteiger partial charge in [0.05, 0.1) is 16.3 Å². The van der Waals surface area contributed by atoms with Gasteiger partial charge in [-0.25, -0.2) is 5.43 Å². The van der Waals surface area contributed by atoms with E-state index in [0.29, 0.717) is 27.1 Å². The highest BCUT2D eigenvalue weighted by Crippen LogP contribution is 2.29. The summed E-state index contributed by atoms with van der Waals surface area (Å²) in [6.07, 6.45) is 2.95. The average Bonchev–Trinajstić information content (AvgIpc) is 3.39. The molecule has 7 nitrogen and oxygen atoms in total. The number of benzene rings is 3. The van der Waals surface area contributed by atoms with Gasteiger partial charge in [-0.1, -0.05) is 53.5 Å². The molecular formula is C29H24Cl2N4O3. The maximum Gasteiger partial charge on any atom is 0.287 e. The number of carbonyl (C=O) groups excluding carboxylic acids is 2. The summed E-state index contributed by atoms with van der Waals surface area (Å²) in [4.78, 5) is 27.7. The topological polar surface area (TPSA) is 86.9 Å². The zero-order chi connectivity index (χ0) is 27.1. The summed E-state index contributed by atoms with van der Waals surface area (Å²) in [6.45, 7) is 0. The molecule has 3 aromatic carbocycles. The first kappa shape index (κ1) is 26.7. The first-order valence-corrected chi connectivity index (χ1v) is 12.3. The normalized spacial score (nSPS) is 11.4. The number of carbonyl (C=O) groups is 2. The van der Waals surface area contributed by atoms with Gasteiger partial charge < -0.3 is 14.6 Å². The van der Waals surface area contributed by atoms with Gasteiger partial charge in [-0.2, -0.15) is 5.10 Å². The van der Waals surface area contributed by atoms with Gasteiger partial charge in [0.25, 0.3) is 11.8 Å². The Hall–Kier alpha value is -4.33. The highest BCUT2D eigenvalue weighted by Gasteiger charge is 2.14. The standard InChI is InChI=1S/C29H24Cl2N4O3/c1-35(2)22-11-8-19(9-12-22)16-26(33-28(36)20-6-4-3-5-7-20)29(37)34-32-18-23-13-15-27(38-23)21-10-14-24(30)25(31)17-21/h3-18H,1-2H3,(H,33,36)(H,34,37)/b26-16+,32-18+. The van der Waals surface area contributed by atoms with Crippen molar-refractivity contribution in [2.24, 2.45) is 5.10 Å². The van der Waals surface area contributed by atoms with Gasteiger partial charge in [0.1, 0.15) is 17.2 Å². The Morgan fingerprint density at radius 2 is 1.63 bits per heavy atom. The lowest BCUT2D eigenvalue weighted by Crippen LogP contribution is -2.32. The molecular weight excluding hydrogens is 523 g/mol. The van der Waals surface area contributed by atoms with E-state index in [4.69, 9.17) is 27.6 Å². The van der Waals surface area contributed by atoms with Crippen molar-refractivity contribution in [3.63, 3.8) is 0 Å². The van der Waals surface area contributed by atoms with E-state index in [0.717, 1.165) is 16.8 Å². The van der Waals surface area contributed by atoms with Crippen LogP contribution in [0.3, 0.4) is 0 Å². The number of halogens is 2. The third-order valence-electron chi connectivity index (χ3n) is 5.44. The van der Waals surface area contributed by atoms with E-state index in [1.807, 2.05) is 49.3 Å². The molecule has 0 saturated heterocycles. The maximum atomic E-state index is 13.0. The van der Waals surface area contributed by atoms with Crippen LogP contribution in [-0.2, 0) is 4.79 Å². The molecule has 0 atom stereocenters. The van der Waals surface area contributed by atoms with Crippen LogP contribution in [0.2, 0.25) is 10.0 Å². The minimum Gasteiger partial charge on any atom is -0.455 e. The van der Waals surface area contributed by atoms with Crippen LogP contribution < -0.4 is 15.6 Å². The smallest absolute Gasteiger partial charge is 0.287 e. The first-order valence-electron chi connectivity index (χ1n) is 11.5. The van der Waals surface area contributed by atoms with Gasteiger partial charge in [-0.05, 0) is 66.2 Å². The summed E-state index contributed by atoms with van der Waals surface area (Å²) in [5.74, 6) is -0.0469. The van der Waals surface area contributed by atoms with Crippen LogP contribution in [0.5, 0.6) is 0 Å². The molecule has 0 fully saturated rings. The van der Waals surface area contributed by atoms with Crippen molar-refractivity contribution in [3.8, 4) is 11.3 Å². The molecule has 0 radical (unpaired) electrons. The number of furan rings is 1. The zero-order valence-corrected chi connectivity index (χ0v) is 22.1. The molecule has 9 heteroatoms. The Balaban J connectivity index is 1.50. The van der Waals surface area contributed by atoms with E-state index in [1.165, 1.54) is 6.21 Å². The molecule has 0 aliphatic carbocycles. The van der Waals surface area contributed by atoms with Gasteiger partial charge in [-0.3, -0.25) is 9.59 Å². The summed E-state index contributed by atoms with van der Waals surface area (Å²) < 4.78 is 5.76. The maximum absolute atomic E-state index is 13.0. The Bertz CT molecular complexity index is 1490. The second-order valence-electron chi connectivity index (χ2n) is 8.39. The van der Waals surface area contributed by atoms with E-state index < -0.39 is 11.8 Å². The zero-order valence-electron chi connectivity index (χ0n) is 20.6. The Labute approximate surface area is 230 Å². The van der Waals surface area contributed by atoms with E-state index in [-0.39, 0.29) is 5.70 Å². The van der Waals surface area contributed by atoms with E-state index in [2.05, 4.69) is 15.8 Å². The van der Waals surface area contributed by atoms with Gasteiger partial charge >= 0.3 is 0 Å². The molecule has 0 aliphatic rings. The fraction of sp³-hybridized carbons (Fsp3) is 0.0690. The van der Waals surface area contributed by atoms with Crippen LogP contribution >= 0.6 is 23.2 Å². The number of hydrazone groups is 1. The summed E-state index contributed by atoms with van der Waals surface area (Å²) in [5.41, 5.74) is 5.38. The number of anilines is 1. The second-order valence-corrected chi connectivity index (χ2v) is 9.21. The Kier molecular flexibility index (Phi) is 8.63. The fourth-order valence-corrected chi connectivity index (χ4v) is 3.72. The van der Waals surface area contributed by atoms with Gasteiger partial charge in [0.2, 0.25) is 0 Å². The van der Waals surface area contributed by atoms with Crippen LogP contribution in [0, 0.1) is 0 Å². The lowest BCUT2D eigenvalue weighted by Gasteiger charge is -2.12. The summed E-state index contributed by atoms with van der Waals surface area (Å²) >= 11 is 12.1. The predicted molar refractivity (Wildman–Crippen MR) is 153 cm³/mol. The number of amides is 2. The summed E-state index contributed by atoms with van der Waals surface area (Å²) in [6, 6.07) is 24.8. The molecule has 1 heterocycles. The average molecular weight is 547 g/mol. The first-order chi connectivity index (χ1) is 18.3. The largest absolute Gasteiger partial charge is 0.455 e. The van der Waals surface area contributed by atoms with Crippen molar-refractivity contribution < 1.29 is 14.0 Å². The molecule has 0 saturated carbocycles. The third-order valence-corrected chi connectivity index (χ3v) is 6.18. The SMILES string of the molecule is CN(C)c1ccc(/C=C(/NC(=O)c2ccccc2)C(=O)N/N=C/c2ccc(-c3ccc(Cl)c(Cl)c3)o2)cc1. The molecule has 0 spiro atoms. The van der Waals surface area contributed by atoms with Crippen LogP contribution in [0.1, 0.15) is 21.7 Å². The quantitative estimate of drug-likeness (QED) is 0.155. The highest BCUT2D eigenvalue weighted by atomic mass is 35.5. The number of rotatable bonds is 8. The Morgan fingerprint density at radius 3 is 2.32 bits per heavy atom. The minimum absolute atomic E-state index is 0.0320. The molecule has 2 amide bonds. The number of hydrogen-bond donors (Lipinski definition) is 2. The van der Waals surface area contributed by atoms with Crippen molar-refractivity contribution in [2.75, 3.05) is 19.0 Å². The molecule has 192 valence electrons. The van der Waals surface area contributed by atoms with Gasteiger partial charge in [0, 0.05) is 30.9 Å². The van der Waals surface area contributed by atoms with Gasteiger partial charge in [-0.15, -0.1) is 0 Å². The van der Waals surface area contributed by atoms with Crippen LogP contribution in [0.25, 0.3) is 17.4 Å². The van der Waals surface area contributed by atoms with Crippen molar-refractivity contribution in [3.05, 3.63) is 118 Å². The summed E-state index contributed by atoms with van der Waals surface area (Å²) in [7, 11) is 3.88. The lowest BCUT2D eigenvalue weighted by molar-refractivity contribution is -0.117. The predicted octanol–water partition coefficient (Wildman–Crippen LogP) is 6.24. The second kappa shape index (κ2) is 12.3. The highest BCUT2D eigenvalue weighted by molar-refractivity contribution is 6.42. The van der Waals surface area contributed by atoms with E-state index in [9.17, 15) is 9.59 Å². The number of hydrogen-bond acceptors (Lipinski definition) is 5. The summed E-state index contributed by atoms with van der Waals surface area (Å²) in [5, 5.41) is 7.54. The Morgan fingerprint density at radius 1 is 0.895 bits per heavy atom. The van der Waals surface area contributed by atoms with E-state index in [1.54, 1.807) is 60.7 Å². The third kappa shape index (κ3) is 6.91. The van der Waals surface area contributed by atoms with Crippen molar-refractivity contribution in [2.45, 2.75) is 0 Å². The molecule has 0 unspecified atom stereocenters. The number of nitrogens with one attached hydrogen (secondary N) is 2. The van der Waals surface area contributed by atoms with Crippen molar-refractivity contribution in [1.82, 2.24) is 10.7 Å². The van der Waals surface area contributed by atoms with Crippen LogP contribution in [0.15, 0.2) is 100 Å². The molecule has 1 aromatic heterocycles. The van der Waals surface area contributed by atoms with Crippen LogP contribution in [-0.4, -0.2) is 32.1 Å². The van der Waals surface area contributed by atoms with Crippen molar-refractivity contribution in [1.29, 1.82) is 0 Å². The molecule has 0 aliphatic heterocycles. The van der Waals surface area contributed by atoms with Gasteiger partial charge in [0.15, 0.2) is 0 Å². The molecule has 4 rings (SSSR count). The van der Waals surface area contributed by atoms with Crippen molar-refractivity contribution >= 4 is 53.0 Å². The van der Waals surface area contributed by atoms with E-state index >= 15 is 0 Å².